The van der Waals surface area contributed by atoms with Crippen LogP contribution in [0, 0.1) is 0 Å². The van der Waals surface area contributed by atoms with Gasteiger partial charge in [0.2, 0.25) is 0 Å². The molecule has 0 N–H and O–H groups in total. The lowest BCUT2D eigenvalue weighted by Gasteiger charge is -2.09. The number of rotatable bonds is 6. The molecule has 0 unspecified atom stereocenters. The SMILES string of the molecule is O=C(c1ccc(OBOc2ccc(C(=O)n3cnc4c(S)ncnc43)cc2)cc1)n1cnc2c(S)ncnc21. The maximum absolute atomic E-state index is 12.9. The summed E-state index contributed by atoms with van der Waals surface area (Å²) >= 11 is 8.48. The second kappa shape index (κ2) is 10.2. The van der Waals surface area contributed by atoms with Crippen molar-refractivity contribution in [1.29, 1.82) is 0 Å². The Balaban J connectivity index is 1.07. The predicted molar refractivity (Wildman–Crippen MR) is 146 cm³/mol. The summed E-state index contributed by atoms with van der Waals surface area (Å²) in [7, 11) is -0.0812. The Morgan fingerprint density at radius 2 is 1.03 bits per heavy atom. The Bertz CT molecular complexity index is 1720. The molecule has 4 heterocycles. The summed E-state index contributed by atoms with van der Waals surface area (Å²) in [6, 6.07) is 13.2. The van der Waals surface area contributed by atoms with E-state index in [2.05, 4.69) is 55.2 Å². The lowest BCUT2D eigenvalue weighted by Crippen LogP contribution is -2.13. The molecule has 0 amide bonds. The second-order valence-electron chi connectivity index (χ2n) is 8.03. The number of nitrogens with zero attached hydrogens (tertiary/aromatic N) is 8. The van der Waals surface area contributed by atoms with Gasteiger partial charge in [-0.05, 0) is 48.5 Å². The topological polar surface area (TPSA) is 140 Å². The molecule has 0 aliphatic heterocycles. The first-order chi connectivity index (χ1) is 19.0. The molecule has 0 bridgehead atoms. The molecular formula is C24H15BN8O4S2. The molecule has 15 heteroatoms. The number of imidazole rings is 2. The molecule has 6 rings (SSSR count). The molecule has 39 heavy (non-hydrogen) atoms. The number of carbonyl (C=O) groups excluding carboxylic acids is 2. The summed E-state index contributed by atoms with van der Waals surface area (Å²) in [5.41, 5.74) is 2.48. The maximum Gasteiger partial charge on any atom is 0.576 e. The van der Waals surface area contributed by atoms with E-state index in [4.69, 9.17) is 9.31 Å². The molecule has 0 saturated heterocycles. The minimum absolute atomic E-state index is 0.0812. The lowest BCUT2D eigenvalue weighted by atomic mass is 10.2. The van der Waals surface area contributed by atoms with Gasteiger partial charge in [-0.2, -0.15) is 0 Å². The molecule has 0 aliphatic carbocycles. The van der Waals surface area contributed by atoms with E-state index < -0.39 is 0 Å². The van der Waals surface area contributed by atoms with E-state index in [0.29, 0.717) is 55.0 Å². The van der Waals surface area contributed by atoms with E-state index >= 15 is 0 Å². The highest BCUT2D eigenvalue weighted by atomic mass is 32.1. The first-order valence-electron chi connectivity index (χ1n) is 11.3. The molecule has 0 fully saturated rings. The van der Waals surface area contributed by atoms with E-state index in [-0.39, 0.29) is 19.5 Å². The Hall–Kier alpha value is -4.76. The summed E-state index contributed by atoms with van der Waals surface area (Å²) in [5, 5.41) is 0.788. The van der Waals surface area contributed by atoms with Crippen LogP contribution in [0.2, 0.25) is 0 Å². The predicted octanol–water partition coefficient (Wildman–Crippen LogP) is 2.64. The second-order valence-corrected chi connectivity index (χ2v) is 8.88. The minimum atomic E-state index is -0.302. The van der Waals surface area contributed by atoms with Crippen LogP contribution in [0.1, 0.15) is 20.7 Å². The third-order valence-electron chi connectivity index (χ3n) is 5.72. The van der Waals surface area contributed by atoms with Crippen molar-refractivity contribution in [2.75, 3.05) is 0 Å². The third kappa shape index (κ3) is 4.68. The van der Waals surface area contributed by atoms with Crippen molar-refractivity contribution < 1.29 is 18.9 Å². The van der Waals surface area contributed by atoms with Gasteiger partial charge in [-0.3, -0.25) is 9.59 Å². The fraction of sp³-hybridized carbons (Fsp3) is 0. The standard InChI is InChI=1S/C24H15BN8O4S2/c34-23(32-11-30-17-19(32)26-9-28-21(17)38)13-1-5-15(6-2-13)36-25-37-16-7-3-14(4-8-16)24(35)33-12-31-18-20(33)27-10-29-22(18)39/h1-12,25H,(H,26,28,38)(H,27,29,39). The van der Waals surface area contributed by atoms with E-state index in [1.807, 2.05) is 0 Å². The van der Waals surface area contributed by atoms with Crippen LogP contribution in [0.25, 0.3) is 22.3 Å². The number of hydrogen-bond acceptors (Lipinski definition) is 12. The zero-order valence-electron chi connectivity index (χ0n) is 19.7. The average Bonchev–Trinajstić information content (AvgIpc) is 3.60. The van der Waals surface area contributed by atoms with Crippen LogP contribution in [0.15, 0.2) is 83.9 Å². The van der Waals surface area contributed by atoms with Gasteiger partial charge in [0.1, 0.15) is 57.9 Å². The molecule has 190 valence electrons. The Morgan fingerprint density at radius 1 is 0.615 bits per heavy atom. The van der Waals surface area contributed by atoms with Crippen molar-refractivity contribution in [2.24, 2.45) is 0 Å². The summed E-state index contributed by atoms with van der Waals surface area (Å²) in [6.07, 6.45) is 5.44. The molecule has 0 aliphatic rings. The average molecular weight is 554 g/mol. The van der Waals surface area contributed by atoms with Gasteiger partial charge in [-0.25, -0.2) is 39.0 Å². The number of carbonyl (C=O) groups is 2. The number of thiol groups is 2. The van der Waals surface area contributed by atoms with E-state index in [0.717, 1.165) is 0 Å². The van der Waals surface area contributed by atoms with Crippen LogP contribution in [-0.4, -0.2) is 58.5 Å². The highest BCUT2D eigenvalue weighted by molar-refractivity contribution is 7.80. The number of aromatic nitrogens is 8. The molecule has 0 spiro atoms. The number of benzene rings is 2. The minimum Gasteiger partial charge on any atom is -0.529 e. The molecule has 0 saturated carbocycles. The van der Waals surface area contributed by atoms with Gasteiger partial charge in [0.05, 0.1) is 0 Å². The first kappa shape index (κ1) is 24.6. The lowest BCUT2D eigenvalue weighted by molar-refractivity contribution is 0.0955. The van der Waals surface area contributed by atoms with Gasteiger partial charge in [0.25, 0.3) is 11.8 Å². The number of fused-ring (bicyclic) bond motifs is 2. The van der Waals surface area contributed by atoms with Crippen LogP contribution in [-0.2, 0) is 0 Å². The molecule has 2 aromatic carbocycles. The van der Waals surface area contributed by atoms with Gasteiger partial charge in [0.15, 0.2) is 11.3 Å². The Morgan fingerprint density at radius 3 is 1.44 bits per heavy atom. The van der Waals surface area contributed by atoms with Crippen LogP contribution >= 0.6 is 25.3 Å². The Kier molecular flexibility index (Phi) is 6.42. The van der Waals surface area contributed by atoms with Crippen molar-refractivity contribution >= 4 is 67.1 Å². The number of hydrogen-bond donors (Lipinski definition) is 2. The summed E-state index contributed by atoms with van der Waals surface area (Å²) in [4.78, 5) is 50.3. The highest BCUT2D eigenvalue weighted by Gasteiger charge is 2.17. The molecular weight excluding hydrogens is 539 g/mol. The van der Waals surface area contributed by atoms with E-state index in [9.17, 15) is 9.59 Å². The summed E-state index contributed by atoms with van der Waals surface area (Å²) in [5.74, 6) is 0.407. The normalized spacial score (nSPS) is 11.0. The van der Waals surface area contributed by atoms with Crippen molar-refractivity contribution in [2.45, 2.75) is 10.1 Å². The van der Waals surface area contributed by atoms with Gasteiger partial charge in [0, 0.05) is 11.1 Å². The van der Waals surface area contributed by atoms with Crippen molar-refractivity contribution in [3.63, 3.8) is 0 Å². The monoisotopic (exact) mass is 554 g/mol. The highest BCUT2D eigenvalue weighted by Crippen LogP contribution is 2.20. The maximum atomic E-state index is 12.9. The van der Waals surface area contributed by atoms with Crippen molar-refractivity contribution in [1.82, 2.24) is 39.0 Å². The molecule has 6 aromatic rings. The molecule has 0 radical (unpaired) electrons. The summed E-state index contributed by atoms with van der Waals surface area (Å²) < 4.78 is 13.9. The largest absolute Gasteiger partial charge is 0.576 e. The van der Waals surface area contributed by atoms with Crippen LogP contribution < -0.4 is 9.31 Å². The van der Waals surface area contributed by atoms with Crippen LogP contribution in [0.5, 0.6) is 11.5 Å². The van der Waals surface area contributed by atoms with Crippen LogP contribution in [0.4, 0.5) is 0 Å². The quantitative estimate of drug-likeness (QED) is 0.179. The fourth-order valence-corrected chi connectivity index (χ4v) is 4.19. The van der Waals surface area contributed by atoms with Gasteiger partial charge in [-0.1, -0.05) is 0 Å². The molecule has 4 aromatic heterocycles. The molecule has 0 atom stereocenters. The fourth-order valence-electron chi connectivity index (χ4n) is 3.77. The van der Waals surface area contributed by atoms with Crippen molar-refractivity contribution in [3.05, 3.63) is 85.0 Å². The Labute approximate surface area is 231 Å². The van der Waals surface area contributed by atoms with Crippen LogP contribution in [0.3, 0.4) is 0 Å². The zero-order valence-corrected chi connectivity index (χ0v) is 21.5. The molecule has 12 nitrogen and oxygen atoms in total. The first-order valence-corrected chi connectivity index (χ1v) is 12.2. The van der Waals surface area contributed by atoms with Gasteiger partial charge >= 0.3 is 7.69 Å². The third-order valence-corrected chi connectivity index (χ3v) is 6.37. The van der Waals surface area contributed by atoms with Gasteiger partial charge in [-0.15, -0.1) is 25.3 Å². The van der Waals surface area contributed by atoms with Gasteiger partial charge < -0.3 is 9.31 Å². The summed E-state index contributed by atoms with van der Waals surface area (Å²) in [6.45, 7) is 0. The van der Waals surface area contributed by atoms with Crippen molar-refractivity contribution in [3.8, 4) is 11.5 Å². The smallest absolute Gasteiger partial charge is 0.529 e. The van der Waals surface area contributed by atoms with E-state index in [1.165, 1.54) is 34.4 Å². The van der Waals surface area contributed by atoms with E-state index in [1.54, 1.807) is 48.5 Å². The zero-order chi connectivity index (χ0) is 26.9.